The molecule has 0 radical (unpaired) electrons. The lowest BCUT2D eigenvalue weighted by molar-refractivity contribution is 0.0699. The van der Waals surface area contributed by atoms with Crippen LogP contribution in [-0.4, -0.2) is 11.1 Å². The van der Waals surface area contributed by atoms with Gasteiger partial charge in [-0.15, -0.1) is 0 Å². The molecule has 0 saturated heterocycles. The van der Waals surface area contributed by atoms with Gasteiger partial charge in [0.15, 0.2) is 0 Å². The fourth-order valence-corrected chi connectivity index (χ4v) is 11.3. The quantitative estimate of drug-likeness (QED) is 0.148. The SMILES string of the molecule is CC1(C)c2cc(N(c3ccccc3)c3ccccc3)ccc2-c2ccc(N(c3ccc4c(c3)C(C)(C)c3cc(N(c5ccccc5)c5ccccc5)ccc3-4)c3ccc(C(=O)O)c4ccccc34)cc21. The maximum absolute atomic E-state index is 12.7. The average molecular weight is 906 g/mol. The van der Waals surface area contributed by atoms with Gasteiger partial charge in [-0.25, -0.2) is 4.79 Å². The molecule has 0 atom stereocenters. The highest BCUT2D eigenvalue weighted by molar-refractivity contribution is 6.09. The smallest absolute Gasteiger partial charge is 0.336 e. The Morgan fingerprint density at radius 2 is 0.629 bits per heavy atom. The number of rotatable bonds is 10. The van der Waals surface area contributed by atoms with Crippen molar-refractivity contribution in [2.75, 3.05) is 14.7 Å². The third-order valence-electron chi connectivity index (χ3n) is 14.7. The monoisotopic (exact) mass is 905 g/mol. The van der Waals surface area contributed by atoms with Gasteiger partial charge >= 0.3 is 5.97 Å². The first kappa shape index (κ1) is 42.7. The van der Waals surface area contributed by atoms with Crippen molar-refractivity contribution in [1.82, 2.24) is 0 Å². The topological polar surface area (TPSA) is 47.0 Å². The summed E-state index contributed by atoms with van der Waals surface area (Å²) in [6.07, 6.45) is 0. The number of carboxylic acids is 1. The number of carboxylic acid groups (broad SMARTS) is 1. The second-order valence-electron chi connectivity index (χ2n) is 19.5. The van der Waals surface area contributed by atoms with Crippen LogP contribution < -0.4 is 14.7 Å². The van der Waals surface area contributed by atoms with E-state index >= 15 is 0 Å². The number of nitrogens with zero attached hydrogens (tertiary/aromatic N) is 3. The first-order valence-corrected chi connectivity index (χ1v) is 24.0. The van der Waals surface area contributed by atoms with Crippen LogP contribution >= 0.6 is 0 Å². The van der Waals surface area contributed by atoms with Gasteiger partial charge in [0.2, 0.25) is 0 Å². The van der Waals surface area contributed by atoms with Crippen molar-refractivity contribution in [3.63, 3.8) is 0 Å². The van der Waals surface area contributed by atoms with Crippen LogP contribution in [0.1, 0.15) is 60.3 Å². The molecule has 5 nitrogen and oxygen atoms in total. The van der Waals surface area contributed by atoms with Crippen LogP contribution in [0, 0.1) is 0 Å². The number of aromatic carboxylic acids is 1. The fourth-order valence-electron chi connectivity index (χ4n) is 11.3. The highest BCUT2D eigenvalue weighted by Crippen LogP contribution is 2.55. The minimum atomic E-state index is -0.946. The second-order valence-corrected chi connectivity index (χ2v) is 19.5. The van der Waals surface area contributed by atoms with Gasteiger partial charge < -0.3 is 19.8 Å². The third kappa shape index (κ3) is 6.88. The maximum atomic E-state index is 12.7. The first-order valence-electron chi connectivity index (χ1n) is 24.0. The molecule has 0 bridgehead atoms. The average Bonchev–Trinajstić information content (AvgIpc) is 3.76. The Kier molecular flexibility index (Phi) is 10.1. The van der Waals surface area contributed by atoms with Gasteiger partial charge in [0.25, 0.3) is 0 Å². The van der Waals surface area contributed by atoms with E-state index < -0.39 is 5.97 Å². The van der Waals surface area contributed by atoms with Crippen LogP contribution in [0.5, 0.6) is 0 Å². The van der Waals surface area contributed by atoms with Gasteiger partial charge in [-0.05, 0) is 159 Å². The summed E-state index contributed by atoms with van der Waals surface area (Å²) in [5.74, 6) is -0.946. The van der Waals surface area contributed by atoms with Gasteiger partial charge in [-0.1, -0.05) is 149 Å². The molecule has 0 fully saturated rings. The normalized spacial score (nSPS) is 13.5. The van der Waals surface area contributed by atoms with E-state index in [4.69, 9.17) is 0 Å². The summed E-state index contributed by atoms with van der Waals surface area (Å²) < 4.78 is 0. The summed E-state index contributed by atoms with van der Waals surface area (Å²) in [7, 11) is 0. The number of para-hydroxylation sites is 4. The molecular weight excluding hydrogens is 855 g/mol. The lowest BCUT2D eigenvalue weighted by Crippen LogP contribution is -2.19. The van der Waals surface area contributed by atoms with Crippen molar-refractivity contribution < 1.29 is 9.90 Å². The van der Waals surface area contributed by atoms with E-state index in [1.807, 2.05) is 30.3 Å². The van der Waals surface area contributed by atoms with Crippen molar-refractivity contribution in [3.05, 3.63) is 258 Å². The van der Waals surface area contributed by atoms with Crippen LogP contribution in [0.3, 0.4) is 0 Å². The molecule has 338 valence electrons. The molecule has 1 N–H and O–H groups in total. The molecule has 0 aliphatic heterocycles. The van der Waals surface area contributed by atoms with E-state index in [2.05, 4.69) is 237 Å². The number of hydrogen-bond acceptors (Lipinski definition) is 4. The molecule has 0 spiro atoms. The maximum Gasteiger partial charge on any atom is 0.336 e. The minimum Gasteiger partial charge on any atom is -0.478 e. The predicted molar refractivity (Wildman–Crippen MR) is 290 cm³/mol. The molecule has 0 aromatic heterocycles. The van der Waals surface area contributed by atoms with E-state index in [0.717, 1.165) is 56.6 Å². The number of hydrogen-bond donors (Lipinski definition) is 1. The van der Waals surface area contributed by atoms with Gasteiger partial charge in [0, 0.05) is 61.7 Å². The summed E-state index contributed by atoms with van der Waals surface area (Å²) in [5, 5.41) is 12.0. The highest BCUT2D eigenvalue weighted by atomic mass is 16.4. The second kappa shape index (κ2) is 16.5. The molecule has 2 aliphatic rings. The number of benzene rings is 10. The Morgan fingerprint density at radius 3 is 0.957 bits per heavy atom. The molecule has 0 heterocycles. The highest BCUT2D eigenvalue weighted by Gasteiger charge is 2.39. The number of anilines is 9. The van der Waals surface area contributed by atoms with Gasteiger partial charge in [0.05, 0.1) is 11.3 Å². The van der Waals surface area contributed by atoms with Crippen molar-refractivity contribution in [2.24, 2.45) is 0 Å². The lowest BCUT2D eigenvalue weighted by atomic mass is 9.81. The molecule has 10 aromatic carbocycles. The van der Waals surface area contributed by atoms with E-state index in [1.165, 1.54) is 44.5 Å². The van der Waals surface area contributed by atoms with Gasteiger partial charge in [-0.2, -0.15) is 0 Å². The predicted octanol–water partition coefficient (Wildman–Crippen LogP) is 17.6. The molecule has 0 saturated carbocycles. The number of fused-ring (bicyclic) bond motifs is 7. The largest absolute Gasteiger partial charge is 0.478 e. The summed E-state index contributed by atoms with van der Waals surface area (Å²) in [6.45, 7) is 9.34. The lowest BCUT2D eigenvalue weighted by Gasteiger charge is -2.31. The van der Waals surface area contributed by atoms with E-state index in [-0.39, 0.29) is 16.4 Å². The third-order valence-corrected chi connectivity index (χ3v) is 14.7. The van der Waals surface area contributed by atoms with Crippen LogP contribution in [0.4, 0.5) is 51.2 Å². The Balaban J connectivity index is 0.989. The molecular formula is C65H51N3O2. The summed E-state index contributed by atoms with van der Waals surface area (Å²) in [4.78, 5) is 19.7. The van der Waals surface area contributed by atoms with Crippen LogP contribution in [0.25, 0.3) is 33.0 Å². The van der Waals surface area contributed by atoms with Crippen molar-refractivity contribution >= 4 is 67.9 Å². The van der Waals surface area contributed by atoms with Crippen LogP contribution in [-0.2, 0) is 10.8 Å². The fraction of sp³-hybridized carbons (Fsp3) is 0.0923. The zero-order valence-electron chi connectivity index (χ0n) is 39.6. The molecule has 2 aliphatic carbocycles. The Bertz CT molecular complexity index is 3370. The first-order chi connectivity index (χ1) is 34.1. The van der Waals surface area contributed by atoms with E-state index in [9.17, 15) is 9.90 Å². The van der Waals surface area contributed by atoms with E-state index in [1.54, 1.807) is 6.07 Å². The number of carbonyl (C=O) groups is 1. The summed E-state index contributed by atoms with van der Waals surface area (Å²) in [6, 6.07) is 81.4. The summed E-state index contributed by atoms with van der Waals surface area (Å²) >= 11 is 0. The Morgan fingerprint density at radius 1 is 0.329 bits per heavy atom. The molecule has 0 unspecified atom stereocenters. The molecule has 70 heavy (non-hydrogen) atoms. The Hall–Kier alpha value is -8.67. The zero-order valence-corrected chi connectivity index (χ0v) is 39.6. The summed E-state index contributed by atoms with van der Waals surface area (Å²) in [5.41, 5.74) is 19.0. The zero-order chi connectivity index (χ0) is 47.7. The van der Waals surface area contributed by atoms with Gasteiger partial charge in [0.1, 0.15) is 0 Å². The van der Waals surface area contributed by atoms with Crippen LogP contribution in [0.15, 0.2) is 231 Å². The minimum absolute atomic E-state index is 0.280. The Labute approximate surface area is 409 Å². The van der Waals surface area contributed by atoms with E-state index in [0.29, 0.717) is 5.39 Å². The van der Waals surface area contributed by atoms with Crippen molar-refractivity contribution in [2.45, 2.75) is 38.5 Å². The van der Waals surface area contributed by atoms with Gasteiger partial charge in [-0.3, -0.25) is 0 Å². The standard InChI is InChI=1S/C65H51N3O2/c1-64(2)58-39-47(66(43-19-9-5-10-20-43)44-21-11-6-12-22-44)29-33-52(58)54-35-31-49(41-60(54)64)68(62-38-37-57(63(69)70)51-27-17-18-28-56(51)62)50-32-36-55-53-34-30-48(40-59(53)65(3,4)61(55)42-50)67(45-23-13-7-14-24-45)46-25-15-8-16-26-46/h5-42H,1-4H3,(H,69,70). The van der Waals surface area contributed by atoms with Crippen molar-refractivity contribution in [1.29, 1.82) is 0 Å². The molecule has 10 aromatic rings. The molecule has 0 amide bonds. The molecule has 5 heteroatoms. The van der Waals surface area contributed by atoms with Crippen molar-refractivity contribution in [3.8, 4) is 22.3 Å². The van der Waals surface area contributed by atoms with Crippen LogP contribution in [0.2, 0.25) is 0 Å². The molecule has 12 rings (SSSR count).